The number of halogens is 5. The molecule has 0 radical (unpaired) electrons. The average Bonchev–Trinajstić information content (AvgIpc) is 3.39. The molecule has 1 aliphatic rings. The van der Waals surface area contributed by atoms with E-state index in [1.807, 2.05) is 0 Å². The fourth-order valence-electron chi connectivity index (χ4n) is 3.77. The minimum absolute atomic E-state index is 0.117. The van der Waals surface area contributed by atoms with Crippen LogP contribution in [0.3, 0.4) is 0 Å². The predicted molar refractivity (Wildman–Crippen MR) is 116 cm³/mol. The fraction of sp³-hybridized carbons (Fsp3) is 0.300. The lowest BCUT2D eigenvalue weighted by Gasteiger charge is -2.18. The van der Waals surface area contributed by atoms with Crippen molar-refractivity contribution in [1.29, 1.82) is 0 Å². The van der Waals surface area contributed by atoms with Crippen LogP contribution in [0.15, 0.2) is 50.8 Å². The summed E-state index contributed by atoms with van der Waals surface area (Å²) in [6.45, 7) is 1.94. The standard InChI is InChI=1S/C20H17BrF4N2O4S2/c1-12-4-6-13(7-5-12)32(28,29)27-17(33(30,31)26-8-2-3-9-26)10-14-18(21)15(20(23,24)25)11-16(22)19(14)27/h4-7,10-11H,2-3,8-9H2,1H3. The molecule has 0 bridgehead atoms. The van der Waals surface area contributed by atoms with Gasteiger partial charge >= 0.3 is 6.18 Å². The second-order valence-corrected chi connectivity index (χ2v) is 12.1. The van der Waals surface area contributed by atoms with Crippen LogP contribution in [-0.4, -0.2) is 38.2 Å². The predicted octanol–water partition coefficient (Wildman–Crippen LogP) is 4.89. The second kappa shape index (κ2) is 8.07. The van der Waals surface area contributed by atoms with E-state index in [0.29, 0.717) is 16.8 Å². The molecule has 0 saturated carbocycles. The van der Waals surface area contributed by atoms with Gasteiger partial charge in [-0.15, -0.1) is 0 Å². The molecule has 0 N–H and O–H groups in total. The number of sulfonamides is 1. The maximum atomic E-state index is 15.1. The molecule has 0 atom stereocenters. The summed E-state index contributed by atoms with van der Waals surface area (Å²) in [4.78, 5) is -0.334. The number of benzene rings is 2. The highest BCUT2D eigenvalue weighted by atomic mass is 79.9. The van der Waals surface area contributed by atoms with Gasteiger partial charge in [-0.05, 0) is 60.0 Å². The summed E-state index contributed by atoms with van der Waals surface area (Å²) >= 11 is 2.78. The van der Waals surface area contributed by atoms with Crippen molar-refractivity contribution in [2.75, 3.05) is 13.1 Å². The van der Waals surface area contributed by atoms with Crippen molar-refractivity contribution in [3.63, 3.8) is 0 Å². The molecule has 1 aromatic heterocycles. The zero-order valence-corrected chi connectivity index (χ0v) is 20.2. The molecule has 0 amide bonds. The topological polar surface area (TPSA) is 76.5 Å². The van der Waals surface area contributed by atoms with Crippen molar-refractivity contribution in [1.82, 2.24) is 8.28 Å². The first-order valence-corrected chi connectivity index (χ1v) is 13.4. The highest BCUT2D eigenvalue weighted by Gasteiger charge is 2.40. The number of fused-ring (bicyclic) bond motifs is 1. The maximum Gasteiger partial charge on any atom is 0.417 e. The molecular formula is C20H17BrF4N2O4S2. The molecule has 178 valence electrons. The van der Waals surface area contributed by atoms with Crippen LogP contribution in [0.1, 0.15) is 24.0 Å². The molecule has 0 aliphatic carbocycles. The molecule has 2 heterocycles. The van der Waals surface area contributed by atoms with E-state index in [1.165, 1.54) is 24.3 Å². The van der Waals surface area contributed by atoms with E-state index in [-0.39, 0.29) is 24.1 Å². The molecule has 4 rings (SSSR count). The van der Waals surface area contributed by atoms with E-state index >= 15 is 4.39 Å². The molecule has 0 unspecified atom stereocenters. The third kappa shape index (κ3) is 3.98. The van der Waals surface area contributed by atoms with Crippen molar-refractivity contribution < 1.29 is 34.4 Å². The lowest BCUT2D eigenvalue weighted by atomic mass is 10.1. The highest BCUT2D eigenvalue weighted by molar-refractivity contribution is 9.10. The normalized spacial score (nSPS) is 16.1. The van der Waals surface area contributed by atoms with E-state index < -0.39 is 58.0 Å². The minimum Gasteiger partial charge on any atom is -0.218 e. The van der Waals surface area contributed by atoms with Crippen LogP contribution in [-0.2, 0) is 26.2 Å². The summed E-state index contributed by atoms with van der Waals surface area (Å²) < 4.78 is 110. The van der Waals surface area contributed by atoms with Gasteiger partial charge in [0.2, 0.25) is 0 Å². The lowest BCUT2D eigenvalue weighted by Crippen LogP contribution is -2.31. The minimum atomic E-state index is -4.96. The monoisotopic (exact) mass is 568 g/mol. The van der Waals surface area contributed by atoms with Crippen LogP contribution in [0.5, 0.6) is 0 Å². The lowest BCUT2D eigenvalue weighted by molar-refractivity contribution is -0.138. The Bertz CT molecular complexity index is 1460. The molecule has 33 heavy (non-hydrogen) atoms. The van der Waals surface area contributed by atoms with Gasteiger partial charge in [0.25, 0.3) is 20.0 Å². The van der Waals surface area contributed by atoms with Gasteiger partial charge in [0.1, 0.15) is 11.3 Å². The Hall–Kier alpha value is -1.96. The number of hydrogen-bond donors (Lipinski definition) is 0. The SMILES string of the molecule is Cc1ccc(S(=O)(=O)n2c(S(=O)(=O)N3CCCC3)cc3c(Br)c(C(F)(F)F)cc(F)c32)cc1. The first kappa shape index (κ1) is 24.2. The third-order valence-corrected chi connectivity index (χ3v) is 10.0. The Labute approximate surface area is 196 Å². The van der Waals surface area contributed by atoms with Gasteiger partial charge in [-0.3, -0.25) is 0 Å². The van der Waals surface area contributed by atoms with Crippen LogP contribution in [0, 0.1) is 12.7 Å². The number of alkyl halides is 3. The van der Waals surface area contributed by atoms with E-state index in [1.54, 1.807) is 6.92 Å². The summed E-state index contributed by atoms with van der Waals surface area (Å²) in [5.41, 5.74) is -1.45. The van der Waals surface area contributed by atoms with E-state index in [9.17, 15) is 30.0 Å². The average molecular weight is 569 g/mol. The Morgan fingerprint density at radius 3 is 2.06 bits per heavy atom. The van der Waals surface area contributed by atoms with Gasteiger partial charge in [-0.2, -0.15) is 17.5 Å². The molecule has 6 nitrogen and oxygen atoms in total. The highest BCUT2D eigenvalue weighted by Crippen LogP contribution is 2.43. The van der Waals surface area contributed by atoms with Gasteiger partial charge in [0, 0.05) is 22.9 Å². The molecule has 0 spiro atoms. The third-order valence-electron chi connectivity index (χ3n) is 5.43. The number of hydrogen-bond acceptors (Lipinski definition) is 4. The molecular weight excluding hydrogens is 552 g/mol. The van der Waals surface area contributed by atoms with Crippen molar-refractivity contribution in [3.8, 4) is 0 Å². The Balaban J connectivity index is 2.13. The largest absolute Gasteiger partial charge is 0.417 e. The van der Waals surface area contributed by atoms with Crippen LogP contribution in [0.2, 0.25) is 0 Å². The van der Waals surface area contributed by atoms with Crippen LogP contribution in [0.25, 0.3) is 10.9 Å². The van der Waals surface area contributed by atoms with E-state index in [4.69, 9.17) is 0 Å². The van der Waals surface area contributed by atoms with Gasteiger partial charge in [-0.1, -0.05) is 17.7 Å². The zero-order valence-electron chi connectivity index (χ0n) is 17.0. The van der Waals surface area contributed by atoms with Crippen molar-refractivity contribution >= 4 is 46.9 Å². The second-order valence-electron chi connectivity index (χ2n) is 7.66. The first-order chi connectivity index (χ1) is 15.3. The number of nitrogens with zero attached hydrogens (tertiary/aromatic N) is 2. The van der Waals surface area contributed by atoms with Crippen LogP contribution < -0.4 is 0 Å². The summed E-state index contributed by atoms with van der Waals surface area (Å²) in [7, 11) is -9.17. The molecule has 1 fully saturated rings. The van der Waals surface area contributed by atoms with Crippen molar-refractivity contribution in [2.45, 2.75) is 35.9 Å². The van der Waals surface area contributed by atoms with E-state index in [0.717, 1.165) is 15.9 Å². The number of aryl methyl sites for hydroxylation is 1. The number of rotatable bonds is 4. The van der Waals surface area contributed by atoms with Crippen molar-refractivity contribution in [2.24, 2.45) is 0 Å². The first-order valence-electron chi connectivity index (χ1n) is 9.69. The van der Waals surface area contributed by atoms with Gasteiger partial charge in [0.15, 0.2) is 5.03 Å². The number of aromatic nitrogens is 1. The summed E-state index contributed by atoms with van der Waals surface area (Å²) in [6, 6.07) is 6.32. The molecule has 2 aromatic carbocycles. The van der Waals surface area contributed by atoms with Crippen LogP contribution in [0.4, 0.5) is 17.6 Å². The zero-order chi connectivity index (χ0) is 24.3. The van der Waals surface area contributed by atoms with Gasteiger partial charge in [-0.25, -0.2) is 25.2 Å². The Morgan fingerprint density at radius 2 is 1.52 bits per heavy atom. The maximum absolute atomic E-state index is 15.1. The molecule has 13 heteroatoms. The smallest absolute Gasteiger partial charge is 0.218 e. The summed E-state index contributed by atoms with van der Waals surface area (Å²) in [5.74, 6) is -1.51. The van der Waals surface area contributed by atoms with E-state index in [2.05, 4.69) is 15.9 Å². The quantitative estimate of drug-likeness (QED) is 0.420. The van der Waals surface area contributed by atoms with Crippen LogP contribution >= 0.6 is 15.9 Å². The Kier molecular flexibility index (Phi) is 5.91. The summed E-state index contributed by atoms with van der Waals surface area (Å²) in [5, 5.41) is -1.34. The Morgan fingerprint density at radius 1 is 0.939 bits per heavy atom. The molecule has 1 saturated heterocycles. The fourth-order valence-corrected chi connectivity index (χ4v) is 7.96. The molecule has 1 aliphatic heterocycles. The van der Waals surface area contributed by atoms with Gasteiger partial charge < -0.3 is 0 Å². The molecule has 3 aromatic rings. The summed E-state index contributed by atoms with van der Waals surface area (Å²) in [6.07, 6.45) is -3.87. The van der Waals surface area contributed by atoms with Crippen molar-refractivity contribution in [3.05, 3.63) is 57.8 Å². The van der Waals surface area contributed by atoms with Gasteiger partial charge in [0.05, 0.1) is 10.5 Å².